The molecule has 1 heterocycles. The second-order valence-electron chi connectivity index (χ2n) is 8.72. The second kappa shape index (κ2) is 12.6. The number of methoxy groups -OCH3 is 1. The Kier molecular flexibility index (Phi) is 9.48. The maximum atomic E-state index is 6.37. The summed E-state index contributed by atoms with van der Waals surface area (Å²) in [6.07, 6.45) is 9.22. The number of allylic oxidation sites excluding steroid dienone is 1. The Labute approximate surface area is 189 Å². The number of hydrogen-bond acceptors (Lipinski definition) is 3. The van der Waals surface area contributed by atoms with E-state index >= 15 is 0 Å². The molecule has 3 rings (SSSR count). The lowest BCUT2D eigenvalue weighted by molar-refractivity contribution is 0.108. The predicted octanol–water partition coefficient (Wildman–Crippen LogP) is 6.49. The molecule has 2 aromatic carbocycles. The molecule has 0 radical (unpaired) electrons. The van der Waals surface area contributed by atoms with Crippen LogP contribution in [0.3, 0.4) is 0 Å². The molecule has 3 heteroatoms. The van der Waals surface area contributed by atoms with Gasteiger partial charge in [0.15, 0.2) is 11.5 Å². The number of piperidine rings is 1. The molecule has 0 aliphatic carbocycles. The first-order valence-corrected chi connectivity index (χ1v) is 11.9. The van der Waals surface area contributed by atoms with Gasteiger partial charge in [0, 0.05) is 12.5 Å². The zero-order valence-electron chi connectivity index (χ0n) is 19.4. The fourth-order valence-electron chi connectivity index (χ4n) is 4.70. The Bertz CT molecular complexity index is 789. The molecule has 168 valence electrons. The van der Waals surface area contributed by atoms with Crippen molar-refractivity contribution in [1.29, 1.82) is 0 Å². The van der Waals surface area contributed by atoms with Crippen molar-refractivity contribution in [2.45, 2.75) is 51.4 Å². The normalized spacial score (nSPS) is 19.2. The van der Waals surface area contributed by atoms with Crippen LogP contribution in [-0.2, 0) is 6.42 Å². The van der Waals surface area contributed by atoms with E-state index in [-0.39, 0.29) is 0 Å². The van der Waals surface area contributed by atoms with Gasteiger partial charge in [-0.15, -0.1) is 6.58 Å². The molecule has 1 saturated heterocycles. The molecule has 0 N–H and O–H groups in total. The van der Waals surface area contributed by atoms with Crippen molar-refractivity contribution >= 4 is 0 Å². The van der Waals surface area contributed by atoms with Gasteiger partial charge in [-0.05, 0) is 61.5 Å². The smallest absolute Gasteiger partial charge is 0.161 e. The van der Waals surface area contributed by atoms with E-state index in [0.717, 1.165) is 24.5 Å². The molecule has 2 atom stereocenters. The lowest BCUT2D eigenvalue weighted by Crippen LogP contribution is -2.42. The van der Waals surface area contributed by atoms with E-state index in [0.29, 0.717) is 18.4 Å². The quantitative estimate of drug-likeness (QED) is 0.289. The Morgan fingerprint density at radius 1 is 1.06 bits per heavy atom. The van der Waals surface area contributed by atoms with Crippen LogP contribution >= 0.6 is 0 Å². The van der Waals surface area contributed by atoms with Crippen molar-refractivity contribution in [1.82, 2.24) is 4.90 Å². The van der Waals surface area contributed by atoms with Crippen molar-refractivity contribution in [3.05, 3.63) is 72.3 Å². The van der Waals surface area contributed by atoms with E-state index in [2.05, 4.69) is 60.9 Å². The highest BCUT2D eigenvalue weighted by Gasteiger charge is 2.31. The summed E-state index contributed by atoms with van der Waals surface area (Å²) >= 11 is 0. The van der Waals surface area contributed by atoms with Crippen molar-refractivity contribution < 1.29 is 9.47 Å². The molecule has 0 bridgehead atoms. The third-order valence-electron chi connectivity index (χ3n) is 6.43. The van der Waals surface area contributed by atoms with Crippen LogP contribution in [0.15, 0.2) is 61.2 Å². The van der Waals surface area contributed by atoms with E-state index in [4.69, 9.17) is 9.47 Å². The Hall–Kier alpha value is -2.26. The van der Waals surface area contributed by atoms with Crippen molar-refractivity contribution in [3.8, 4) is 11.5 Å². The minimum Gasteiger partial charge on any atom is -0.493 e. The van der Waals surface area contributed by atoms with Gasteiger partial charge in [0.1, 0.15) is 0 Å². The van der Waals surface area contributed by atoms with Gasteiger partial charge >= 0.3 is 0 Å². The number of hydrogen-bond donors (Lipinski definition) is 0. The van der Waals surface area contributed by atoms with Crippen molar-refractivity contribution in [3.63, 3.8) is 0 Å². The molecule has 31 heavy (non-hydrogen) atoms. The third-order valence-corrected chi connectivity index (χ3v) is 6.43. The average molecular weight is 422 g/mol. The number of likely N-dealkylation sites (tertiary alicyclic amines) is 1. The number of ether oxygens (including phenoxy) is 2. The van der Waals surface area contributed by atoms with E-state index in [1.54, 1.807) is 7.11 Å². The molecule has 0 aromatic heterocycles. The molecule has 0 amide bonds. The minimum absolute atomic E-state index is 0.472. The molecule has 1 aliphatic rings. The number of unbranched alkanes of at least 4 members (excludes halogenated alkanes) is 3. The van der Waals surface area contributed by atoms with Gasteiger partial charge in [0.05, 0.1) is 13.7 Å². The van der Waals surface area contributed by atoms with Crippen LogP contribution < -0.4 is 9.47 Å². The summed E-state index contributed by atoms with van der Waals surface area (Å²) in [5, 5.41) is 0. The fraction of sp³-hybridized carbons (Fsp3) is 0.500. The highest BCUT2D eigenvalue weighted by Crippen LogP contribution is 2.35. The molecule has 2 aromatic rings. The zero-order chi connectivity index (χ0) is 21.9. The van der Waals surface area contributed by atoms with Gasteiger partial charge in [0.2, 0.25) is 0 Å². The van der Waals surface area contributed by atoms with E-state index < -0.39 is 0 Å². The van der Waals surface area contributed by atoms with Crippen molar-refractivity contribution in [2.24, 2.45) is 5.92 Å². The van der Waals surface area contributed by atoms with Crippen LogP contribution in [0.5, 0.6) is 11.5 Å². The van der Waals surface area contributed by atoms with Crippen LogP contribution in [0.1, 0.15) is 56.1 Å². The summed E-state index contributed by atoms with van der Waals surface area (Å²) < 4.78 is 12.0. The summed E-state index contributed by atoms with van der Waals surface area (Å²) in [7, 11) is 1.71. The third kappa shape index (κ3) is 6.87. The van der Waals surface area contributed by atoms with Crippen LogP contribution in [0.2, 0.25) is 0 Å². The SMILES string of the molecule is C=CCc1ccc(OC[C@@H]2CN(CCCCCC)CC[C@H]2c2ccccc2)c(OC)c1. The lowest BCUT2D eigenvalue weighted by atomic mass is 9.81. The summed E-state index contributed by atoms with van der Waals surface area (Å²) in [4.78, 5) is 2.65. The molecule has 1 aliphatic heterocycles. The highest BCUT2D eigenvalue weighted by molar-refractivity contribution is 5.43. The molecule has 0 unspecified atom stereocenters. The largest absolute Gasteiger partial charge is 0.493 e. The molecule has 3 nitrogen and oxygen atoms in total. The van der Waals surface area contributed by atoms with Crippen LogP contribution in [0.4, 0.5) is 0 Å². The predicted molar refractivity (Wildman–Crippen MR) is 130 cm³/mol. The Morgan fingerprint density at radius 2 is 1.90 bits per heavy atom. The van der Waals surface area contributed by atoms with Gasteiger partial charge in [-0.3, -0.25) is 0 Å². The zero-order valence-corrected chi connectivity index (χ0v) is 19.4. The van der Waals surface area contributed by atoms with Gasteiger partial charge in [-0.2, -0.15) is 0 Å². The van der Waals surface area contributed by atoms with E-state index in [1.807, 2.05) is 12.1 Å². The Morgan fingerprint density at radius 3 is 2.65 bits per heavy atom. The van der Waals surface area contributed by atoms with Crippen LogP contribution in [0.25, 0.3) is 0 Å². The maximum absolute atomic E-state index is 6.37. The van der Waals surface area contributed by atoms with Crippen molar-refractivity contribution in [2.75, 3.05) is 33.4 Å². The first-order chi connectivity index (χ1) is 15.2. The second-order valence-corrected chi connectivity index (χ2v) is 8.72. The number of rotatable bonds is 12. The molecule has 0 saturated carbocycles. The van der Waals surface area contributed by atoms with Gasteiger partial charge in [-0.1, -0.05) is 68.7 Å². The molecular weight excluding hydrogens is 382 g/mol. The minimum atomic E-state index is 0.472. The fourth-order valence-corrected chi connectivity index (χ4v) is 4.70. The van der Waals surface area contributed by atoms with Gasteiger partial charge in [0.25, 0.3) is 0 Å². The maximum Gasteiger partial charge on any atom is 0.161 e. The van der Waals surface area contributed by atoms with Gasteiger partial charge < -0.3 is 14.4 Å². The van der Waals surface area contributed by atoms with Gasteiger partial charge in [-0.25, -0.2) is 0 Å². The standard InChI is InChI=1S/C28H39NO2/c1-4-6-7-11-18-29-19-17-26(24-13-9-8-10-14-24)25(21-29)22-31-27-16-15-23(12-5-2)20-28(27)30-3/h5,8-10,13-16,20,25-26H,2,4,6-7,11-12,17-19,21-22H2,1,3H3/t25-,26-/m0/s1. The average Bonchev–Trinajstić information content (AvgIpc) is 2.81. The molecule has 1 fully saturated rings. The van der Waals surface area contributed by atoms with Crippen LogP contribution in [-0.4, -0.2) is 38.3 Å². The number of nitrogens with zero attached hydrogens (tertiary/aromatic N) is 1. The first kappa shape index (κ1) is 23.4. The Balaban J connectivity index is 1.68. The topological polar surface area (TPSA) is 21.7 Å². The summed E-state index contributed by atoms with van der Waals surface area (Å²) in [6, 6.07) is 17.2. The summed E-state index contributed by atoms with van der Waals surface area (Å²) in [5.74, 6) is 2.66. The monoisotopic (exact) mass is 421 g/mol. The number of benzene rings is 2. The molecular formula is C28H39NO2. The lowest BCUT2D eigenvalue weighted by Gasteiger charge is -2.39. The summed E-state index contributed by atoms with van der Waals surface area (Å²) in [6.45, 7) is 10.3. The highest BCUT2D eigenvalue weighted by atomic mass is 16.5. The first-order valence-electron chi connectivity index (χ1n) is 11.9. The van der Waals surface area contributed by atoms with Crippen LogP contribution in [0, 0.1) is 5.92 Å². The van der Waals surface area contributed by atoms with E-state index in [9.17, 15) is 0 Å². The summed E-state index contributed by atoms with van der Waals surface area (Å²) in [5.41, 5.74) is 2.63. The van der Waals surface area contributed by atoms with E-state index in [1.165, 1.54) is 56.3 Å². The molecule has 0 spiro atoms.